The van der Waals surface area contributed by atoms with Gasteiger partial charge < -0.3 is 15.2 Å². The zero-order valence-corrected chi connectivity index (χ0v) is 12.0. The molecule has 8 nitrogen and oxygen atoms in total. The Morgan fingerprint density at radius 2 is 2.33 bits per heavy atom. The number of carboxylic acid groups (broad SMARTS) is 1. The number of ether oxygens (including phenoxy) is 1. The van der Waals surface area contributed by atoms with Gasteiger partial charge in [0.2, 0.25) is 5.91 Å². The van der Waals surface area contributed by atoms with Crippen LogP contribution in [0.15, 0.2) is 0 Å². The number of aliphatic carboxylic acids is 1. The monoisotopic (exact) mass is 296 g/mol. The van der Waals surface area contributed by atoms with Gasteiger partial charge in [-0.1, -0.05) is 5.21 Å². The fraction of sp³-hybridized carbons (Fsp3) is 0.692. The average Bonchev–Trinajstić information content (AvgIpc) is 3.06. The number of rotatable bonds is 7. The van der Waals surface area contributed by atoms with Crippen molar-refractivity contribution in [3.05, 3.63) is 11.4 Å². The van der Waals surface area contributed by atoms with E-state index in [2.05, 4.69) is 15.6 Å². The number of amides is 1. The van der Waals surface area contributed by atoms with Crippen LogP contribution in [0.25, 0.3) is 0 Å². The number of aromatic nitrogens is 3. The van der Waals surface area contributed by atoms with Gasteiger partial charge in [0.15, 0.2) is 0 Å². The van der Waals surface area contributed by atoms with E-state index in [0.717, 1.165) is 25.1 Å². The fourth-order valence-corrected chi connectivity index (χ4v) is 2.23. The molecule has 0 spiro atoms. The molecule has 8 heteroatoms. The van der Waals surface area contributed by atoms with E-state index in [4.69, 9.17) is 9.84 Å². The van der Waals surface area contributed by atoms with Crippen molar-refractivity contribution in [3.63, 3.8) is 0 Å². The third-order valence-corrected chi connectivity index (χ3v) is 3.50. The lowest BCUT2D eigenvalue weighted by Crippen LogP contribution is -2.34. The van der Waals surface area contributed by atoms with Crippen molar-refractivity contribution in [3.8, 4) is 0 Å². The maximum absolute atomic E-state index is 11.8. The third kappa shape index (κ3) is 4.52. The van der Waals surface area contributed by atoms with Crippen LogP contribution in [-0.4, -0.2) is 51.2 Å². The SMILES string of the molecule is Cc1c(CCC(=O)O)nnn1CC(=O)NCC1CCCO1. The standard InChI is InChI=1S/C13H20N4O4/c1-9-11(4-5-13(19)20)15-16-17(9)8-12(18)14-7-10-3-2-6-21-10/h10H,2-8H2,1H3,(H,14,18)(H,19,20). The highest BCUT2D eigenvalue weighted by molar-refractivity contribution is 5.75. The van der Waals surface area contributed by atoms with Crippen LogP contribution >= 0.6 is 0 Å². The maximum Gasteiger partial charge on any atom is 0.303 e. The summed E-state index contributed by atoms with van der Waals surface area (Å²) in [5.74, 6) is -1.03. The van der Waals surface area contributed by atoms with E-state index in [1.54, 1.807) is 6.92 Å². The molecular formula is C13H20N4O4. The molecule has 0 aliphatic carbocycles. The molecule has 1 fully saturated rings. The smallest absolute Gasteiger partial charge is 0.303 e. The highest BCUT2D eigenvalue weighted by atomic mass is 16.5. The first kappa shape index (κ1) is 15.4. The van der Waals surface area contributed by atoms with Gasteiger partial charge >= 0.3 is 5.97 Å². The highest BCUT2D eigenvalue weighted by Gasteiger charge is 2.17. The number of nitrogens with one attached hydrogen (secondary N) is 1. The van der Waals surface area contributed by atoms with Crippen molar-refractivity contribution in [2.24, 2.45) is 0 Å². The minimum Gasteiger partial charge on any atom is -0.481 e. The second kappa shape index (κ2) is 7.16. The van der Waals surface area contributed by atoms with Crippen molar-refractivity contribution in [2.45, 2.75) is 45.3 Å². The average molecular weight is 296 g/mol. The summed E-state index contributed by atoms with van der Waals surface area (Å²) in [4.78, 5) is 22.4. The maximum atomic E-state index is 11.8. The Morgan fingerprint density at radius 3 is 3.00 bits per heavy atom. The predicted octanol–water partition coefficient (Wildman–Crippen LogP) is -0.101. The number of nitrogens with zero attached hydrogens (tertiary/aromatic N) is 3. The van der Waals surface area contributed by atoms with Gasteiger partial charge in [0.25, 0.3) is 0 Å². The predicted molar refractivity (Wildman–Crippen MR) is 72.7 cm³/mol. The van der Waals surface area contributed by atoms with E-state index in [0.29, 0.717) is 18.7 Å². The van der Waals surface area contributed by atoms with Gasteiger partial charge in [0.05, 0.1) is 23.9 Å². The quantitative estimate of drug-likeness (QED) is 0.727. The Kier molecular flexibility index (Phi) is 5.26. The molecule has 1 aromatic rings. The molecule has 2 N–H and O–H groups in total. The molecule has 0 aromatic carbocycles. The number of hydrogen-bond donors (Lipinski definition) is 2. The molecule has 0 radical (unpaired) electrons. The van der Waals surface area contributed by atoms with Crippen molar-refractivity contribution < 1.29 is 19.4 Å². The van der Waals surface area contributed by atoms with Crippen LogP contribution in [0.3, 0.4) is 0 Å². The minimum atomic E-state index is -0.877. The van der Waals surface area contributed by atoms with Crippen LogP contribution < -0.4 is 5.32 Å². The number of carbonyl (C=O) groups is 2. The second-order valence-electron chi connectivity index (χ2n) is 5.11. The molecule has 1 aromatic heterocycles. The van der Waals surface area contributed by atoms with Gasteiger partial charge in [-0.2, -0.15) is 0 Å². The molecule has 1 amide bonds. The lowest BCUT2D eigenvalue weighted by Gasteiger charge is -2.11. The number of aryl methyl sites for hydroxylation is 1. The van der Waals surface area contributed by atoms with Gasteiger partial charge in [-0.25, -0.2) is 4.68 Å². The summed E-state index contributed by atoms with van der Waals surface area (Å²) >= 11 is 0. The van der Waals surface area contributed by atoms with Crippen LogP contribution in [-0.2, 0) is 27.3 Å². The molecule has 1 aliphatic heterocycles. The van der Waals surface area contributed by atoms with Gasteiger partial charge in [-0.15, -0.1) is 5.10 Å². The van der Waals surface area contributed by atoms with Crippen LogP contribution in [0.2, 0.25) is 0 Å². The summed E-state index contributed by atoms with van der Waals surface area (Å²) in [6.45, 7) is 3.14. The molecule has 2 rings (SSSR count). The molecular weight excluding hydrogens is 276 g/mol. The molecule has 1 unspecified atom stereocenters. The van der Waals surface area contributed by atoms with E-state index in [-0.39, 0.29) is 25.0 Å². The summed E-state index contributed by atoms with van der Waals surface area (Å²) in [5, 5.41) is 19.3. The van der Waals surface area contributed by atoms with Crippen LogP contribution in [0.5, 0.6) is 0 Å². The van der Waals surface area contributed by atoms with Gasteiger partial charge in [0, 0.05) is 19.6 Å². The van der Waals surface area contributed by atoms with E-state index >= 15 is 0 Å². The van der Waals surface area contributed by atoms with Crippen LogP contribution in [0.4, 0.5) is 0 Å². The largest absolute Gasteiger partial charge is 0.481 e. The van der Waals surface area contributed by atoms with Crippen LogP contribution in [0, 0.1) is 6.92 Å². The molecule has 116 valence electrons. The van der Waals surface area contributed by atoms with Crippen molar-refractivity contribution in [1.29, 1.82) is 0 Å². The summed E-state index contributed by atoms with van der Waals surface area (Å²) in [6.07, 6.45) is 2.44. The first-order valence-electron chi connectivity index (χ1n) is 7.05. The van der Waals surface area contributed by atoms with Crippen molar-refractivity contribution in [1.82, 2.24) is 20.3 Å². The molecule has 1 aliphatic rings. The number of carboxylic acids is 1. The van der Waals surface area contributed by atoms with Gasteiger partial charge in [0.1, 0.15) is 6.54 Å². The summed E-state index contributed by atoms with van der Waals surface area (Å²) in [5.41, 5.74) is 1.34. The molecule has 0 bridgehead atoms. The lowest BCUT2D eigenvalue weighted by molar-refractivity contribution is -0.137. The Balaban J connectivity index is 1.81. The minimum absolute atomic E-state index is 0.00471. The Bertz CT molecular complexity index is 508. The lowest BCUT2D eigenvalue weighted by atomic mass is 10.2. The molecule has 21 heavy (non-hydrogen) atoms. The van der Waals surface area contributed by atoms with Crippen molar-refractivity contribution in [2.75, 3.05) is 13.2 Å². The molecule has 2 heterocycles. The van der Waals surface area contributed by atoms with E-state index in [1.807, 2.05) is 0 Å². The van der Waals surface area contributed by atoms with Crippen molar-refractivity contribution >= 4 is 11.9 Å². The zero-order valence-electron chi connectivity index (χ0n) is 12.0. The van der Waals surface area contributed by atoms with E-state index < -0.39 is 5.97 Å². The third-order valence-electron chi connectivity index (χ3n) is 3.50. The Hall–Kier alpha value is -1.96. The Labute approximate surface area is 122 Å². The summed E-state index contributed by atoms with van der Waals surface area (Å²) < 4.78 is 6.92. The fourth-order valence-electron chi connectivity index (χ4n) is 2.23. The normalized spacial score (nSPS) is 17.9. The topological polar surface area (TPSA) is 106 Å². The number of carbonyl (C=O) groups excluding carboxylic acids is 1. The van der Waals surface area contributed by atoms with E-state index in [9.17, 15) is 9.59 Å². The summed E-state index contributed by atoms with van der Waals surface area (Å²) in [7, 11) is 0. The Morgan fingerprint density at radius 1 is 1.52 bits per heavy atom. The summed E-state index contributed by atoms with van der Waals surface area (Å²) in [6, 6.07) is 0. The number of hydrogen-bond acceptors (Lipinski definition) is 5. The van der Waals surface area contributed by atoms with Crippen LogP contribution in [0.1, 0.15) is 30.7 Å². The molecule has 1 atom stereocenters. The first-order valence-corrected chi connectivity index (χ1v) is 7.05. The van der Waals surface area contributed by atoms with Gasteiger partial charge in [-0.3, -0.25) is 9.59 Å². The highest BCUT2D eigenvalue weighted by Crippen LogP contribution is 2.10. The second-order valence-corrected chi connectivity index (χ2v) is 5.11. The van der Waals surface area contributed by atoms with E-state index in [1.165, 1.54) is 4.68 Å². The molecule has 0 saturated carbocycles. The molecule has 1 saturated heterocycles. The zero-order chi connectivity index (χ0) is 15.2. The first-order chi connectivity index (χ1) is 10.1. The van der Waals surface area contributed by atoms with Gasteiger partial charge in [-0.05, 0) is 19.8 Å².